The number of amides is 1. The Kier molecular flexibility index (Phi) is 3.15. The molecule has 2 aromatic rings. The number of hydrogen-bond acceptors (Lipinski definition) is 3. The number of rotatable bonds is 3. The van der Waals surface area contributed by atoms with Gasteiger partial charge in [-0.1, -0.05) is 12.1 Å². The van der Waals surface area contributed by atoms with Crippen LogP contribution in [-0.4, -0.2) is 17.6 Å². The Morgan fingerprint density at radius 2 is 2.06 bits per heavy atom. The summed E-state index contributed by atoms with van der Waals surface area (Å²) in [7, 11) is 0. The molecular weight excluding hydrogens is 242 g/mol. The van der Waals surface area contributed by atoms with E-state index in [0.717, 1.165) is 0 Å². The maximum atomic E-state index is 11.4. The van der Waals surface area contributed by atoms with Crippen LogP contribution in [0.2, 0.25) is 0 Å². The summed E-state index contributed by atoms with van der Waals surface area (Å²) in [6.07, 6.45) is 0. The number of carbonyl (C=O) groups excluding carboxylic acids is 2. The summed E-state index contributed by atoms with van der Waals surface area (Å²) in [6.45, 7) is 1.38. The molecule has 17 heavy (non-hydrogen) atoms. The second kappa shape index (κ2) is 4.59. The number of fused-ring (bicyclic) bond motifs is 1. The van der Waals surface area contributed by atoms with Gasteiger partial charge in [0.25, 0.3) is 0 Å². The Morgan fingerprint density at radius 1 is 1.35 bits per heavy atom. The van der Waals surface area contributed by atoms with Gasteiger partial charge in [0, 0.05) is 12.3 Å². The summed E-state index contributed by atoms with van der Waals surface area (Å²) < 4.78 is 5.40. The van der Waals surface area contributed by atoms with Gasteiger partial charge in [-0.25, -0.2) is 0 Å². The first-order valence-electron chi connectivity index (χ1n) is 5.01. The van der Waals surface area contributed by atoms with E-state index in [-0.39, 0.29) is 23.3 Å². The third-order valence-corrected chi connectivity index (χ3v) is 2.54. The topological polar surface area (TPSA) is 59.3 Å². The highest BCUT2D eigenvalue weighted by atomic mass is 35.5. The quantitative estimate of drug-likeness (QED) is 0.674. The van der Waals surface area contributed by atoms with E-state index in [1.165, 1.54) is 6.92 Å². The van der Waals surface area contributed by atoms with Crippen molar-refractivity contribution in [1.29, 1.82) is 0 Å². The summed E-state index contributed by atoms with van der Waals surface area (Å²) in [6, 6.07) is 7.11. The number of halogens is 1. The Labute approximate surface area is 103 Å². The second-order valence-electron chi connectivity index (χ2n) is 3.54. The summed E-state index contributed by atoms with van der Waals surface area (Å²) in [4.78, 5) is 22.7. The zero-order valence-corrected chi connectivity index (χ0v) is 9.88. The first kappa shape index (κ1) is 11.7. The van der Waals surface area contributed by atoms with Crippen molar-refractivity contribution >= 4 is 39.9 Å². The van der Waals surface area contributed by atoms with Crippen molar-refractivity contribution < 1.29 is 14.0 Å². The number of ketones is 1. The molecule has 1 aromatic carbocycles. The van der Waals surface area contributed by atoms with E-state index in [9.17, 15) is 9.59 Å². The average molecular weight is 252 g/mol. The number of carbonyl (C=O) groups is 2. The molecule has 4 nitrogen and oxygen atoms in total. The van der Waals surface area contributed by atoms with Crippen LogP contribution in [0, 0.1) is 0 Å². The molecular formula is C12H10ClNO3. The Bertz CT molecular complexity index is 588. The van der Waals surface area contributed by atoms with Crippen LogP contribution in [0.15, 0.2) is 28.7 Å². The molecule has 1 amide bonds. The van der Waals surface area contributed by atoms with Crippen LogP contribution in [0.25, 0.3) is 11.0 Å². The third kappa shape index (κ3) is 2.17. The predicted octanol–water partition coefficient (Wildman–Crippen LogP) is 2.81. The first-order chi connectivity index (χ1) is 8.13. The summed E-state index contributed by atoms with van der Waals surface area (Å²) in [5.74, 6) is -0.645. The fourth-order valence-electron chi connectivity index (χ4n) is 1.59. The van der Waals surface area contributed by atoms with Gasteiger partial charge in [-0.15, -0.1) is 11.6 Å². The lowest BCUT2D eigenvalue weighted by Gasteiger charge is -2.01. The molecule has 0 atom stereocenters. The maximum Gasteiger partial charge on any atom is 0.239 e. The van der Waals surface area contributed by atoms with Crippen molar-refractivity contribution in [1.82, 2.24) is 0 Å². The molecule has 0 radical (unpaired) electrons. The lowest BCUT2D eigenvalue weighted by molar-refractivity contribution is -0.113. The van der Waals surface area contributed by atoms with Gasteiger partial charge < -0.3 is 9.73 Å². The molecule has 0 spiro atoms. The van der Waals surface area contributed by atoms with Crippen LogP contribution >= 0.6 is 11.6 Å². The molecule has 88 valence electrons. The number of benzene rings is 1. The number of furan rings is 1. The van der Waals surface area contributed by atoms with Crippen LogP contribution in [0.4, 0.5) is 5.69 Å². The molecule has 0 fully saturated rings. The SMILES string of the molecule is CC(=O)c1oc2ccccc2c1NC(=O)CCl. The lowest BCUT2D eigenvalue weighted by Crippen LogP contribution is -2.14. The van der Waals surface area contributed by atoms with E-state index in [1.54, 1.807) is 24.3 Å². The molecule has 0 saturated carbocycles. The van der Waals surface area contributed by atoms with E-state index in [1.807, 2.05) is 0 Å². The first-order valence-corrected chi connectivity index (χ1v) is 5.55. The minimum atomic E-state index is -0.374. The summed E-state index contributed by atoms with van der Waals surface area (Å²) in [5, 5.41) is 3.27. The molecule has 5 heteroatoms. The van der Waals surface area contributed by atoms with Gasteiger partial charge >= 0.3 is 0 Å². The van der Waals surface area contributed by atoms with E-state index >= 15 is 0 Å². The van der Waals surface area contributed by atoms with Crippen molar-refractivity contribution in [2.24, 2.45) is 0 Å². The van der Waals surface area contributed by atoms with Crippen molar-refractivity contribution in [3.05, 3.63) is 30.0 Å². The number of anilines is 1. The number of para-hydroxylation sites is 1. The molecule has 1 aromatic heterocycles. The maximum absolute atomic E-state index is 11.4. The largest absolute Gasteiger partial charge is 0.451 e. The second-order valence-corrected chi connectivity index (χ2v) is 3.81. The fourth-order valence-corrected chi connectivity index (χ4v) is 1.66. The molecule has 1 N–H and O–H groups in total. The molecule has 0 aliphatic carbocycles. The monoisotopic (exact) mass is 251 g/mol. The Morgan fingerprint density at radius 3 is 2.71 bits per heavy atom. The zero-order chi connectivity index (χ0) is 12.4. The van der Waals surface area contributed by atoms with Crippen molar-refractivity contribution in [2.75, 3.05) is 11.2 Å². The summed E-state index contributed by atoms with van der Waals surface area (Å²) >= 11 is 5.42. The highest BCUT2D eigenvalue weighted by molar-refractivity contribution is 6.29. The fraction of sp³-hybridized carbons (Fsp3) is 0.167. The minimum absolute atomic E-state index is 0.143. The smallest absolute Gasteiger partial charge is 0.239 e. The Hall–Kier alpha value is -1.81. The van der Waals surface area contributed by atoms with Crippen LogP contribution in [0.5, 0.6) is 0 Å². The number of nitrogens with one attached hydrogen (secondary N) is 1. The van der Waals surface area contributed by atoms with Crippen LogP contribution in [0.3, 0.4) is 0 Å². The lowest BCUT2D eigenvalue weighted by atomic mass is 10.2. The molecule has 1 heterocycles. The zero-order valence-electron chi connectivity index (χ0n) is 9.12. The minimum Gasteiger partial charge on any atom is -0.451 e. The Balaban J connectivity index is 2.59. The molecule has 0 aliphatic heterocycles. The number of Topliss-reactive ketones (excluding diaryl/α,β-unsaturated/α-hetero) is 1. The number of alkyl halides is 1. The van der Waals surface area contributed by atoms with Crippen molar-refractivity contribution in [3.63, 3.8) is 0 Å². The third-order valence-electron chi connectivity index (χ3n) is 2.30. The van der Waals surface area contributed by atoms with Gasteiger partial charge in [-0.3, -0.25) is 9.59 Å². The van der Waals surface area contributed by atoms with Gasteiger partial charge in [0.05, 0.1) is 5.69 Å². The highest BCUT2D eigenvalue weighted by Crippen LogP contribution is 2.31. The van der Waals surface area contributed by atoms with Crippen molar-refractivity contribution in [3.8, 4) is 0 Å². The van der Waals surface area contributed by atoms with Gasteiger partial charge in [0.2, 0.25) is 5.91 Å². The molecule has 0 unspecified atom stereocenters. The van der Waals surface area contributed by atoms with E-state index in [2.05, 4.69) is 5.32 Å². The van der Waals surface area contributed by atoms with Gasteiger partial charge in [0.15, 0.2) is 11.5 Å². The highest BCUT2D eigenvalue weighted by Gasteiger charge is 2.18. The van der Waals surface area contributed by atoms with Crippen molar-refractivity contribution in [2.45, 2.75) is 6.92 Å². The number of hydrogen-bond donors (Lipinski definition) is 1. The van der Waals surface area contributed by atoms with E-state index in [4.69, 9.17) is 16.0 Å². The van der Waals surface area contributed by atoms with Gasteiger partial charge in [-0.05, 0) is 12.1 Å². The molecule has 0 bridgehead atoms. The molecule has 2 rings (SSSR count). The summed E-state index contributed by atoms with van der Waals surface area (Å²) in [5.41, 5.74) is 0.946. The molecule has 0 aliphatic rings. The normalized spacial score (nSPS) is 10.5. The molecule has 0 saturated heterocycles. The van der Waals surface area contributed by atoms with Crippen LogP contribution in [-0.2, 0) is 4.79 Å². The van der Waals surface area contributed by atoms with Gasteiger partial charge in [-0.2, -0.15) is 0 Å². The van der Waals surface area contributed by atoms with Crippen LogP contribution < -0.4 is 5.32 Å². The van der Waals surface area contributed by atoms with E-state index in [0.29, 0.717) is 16.7 Å². The predicted molar refractivity (Wildman–Crippen MR) is 65.6 cm³/mol. The van der Waals surface area contributed by atoms with Crippen LogP contribution in [0.1, 0.15) is 17.5 Å². The van der Waals surface area contributed by atoms with E-state index < -0.39 is 0 Å². The average Bonchev–Trinajstić information content (AvgIpc) is 2.68. The van der Waals surface area contributed by atoms with Gasteiger partial charge in [0.1, 0.15) is 11.5 Å². The standard InChI is InChI=1S/C12H10ClNO3/c1-7(15)12-11(14-10(16)6-13)8-4-2-3-5-9(8)17-12/h2-5H,6H2,1H3,(H,14,16).